The summed E-state index contributed by atoms with van der Waals surface area (Å²) < 4.78 is 0. The monoisotopic (exact) mass is 284 g/mol. The molecule has 0 heterocycles. The molecule has 1 rings (SSSR count). The van der Waals surface area contributed by atoms with Gasteiger partial charge in [-0.1, -0.05) is 25.0 Å². The van der Waals surface area contributed by atoms with Gasteiger partial charge in [-0.3, -0.25) is 0 Å². The van der Waals surface area contributed by atoms with Crippen LogP contribution in [0, 0.1) is 9.81 Å². The maximum atomic E-state index is 10.9. The quantitative estimate of drug-likeness (QED) is 0.348. The van der Waals surface area contributed by atoms with E-state index in [9.17, 15) is 9.81 Å². The van der Waals surface area contributed by atoms with Crippen molar-refractivity contribution in [2.75, 3.05) is 13.2 Å². The molecule has 8 heteroatoms. The summed E-state index contributed by atoms with van der Waals surface area (Å²) in [5.74, 6) is 0. The van der Waals surface area contributed by atoms with E-state index in [4.69, 9.17) is 9.68 Å². The maximum Gasteiger partial charge on any atom is 0.104 e. The highest BCUT2D eigenvalue weighted by Gasteiger charge is 2.37. The van der Waals surface area contributed by atoms with Crippen molar-refractivity contribution in [2.24, 2.45) is 10.6 Å². The van der Waals surface area contributed by atoms with Crippen molar-refractivity contribution in [1.29, 1.82) is 0 Å². The Morgan fingerprint density at radius 1 is 0.950 bits per heavy atom. The summed E-state index contributed by atoms with van der Waals surface area (Å²) in [6.45, 7) is 7.35. The maximum absolute atomic E-state index is 10.9. The van der Waals surface area contributed by atoms with Crippen molar-refractivity contribution in [3.63, 3.8) is 0 Å². The van der Waals surface area contributed by atoms with Crippen LogP contribution in [-0.2, 0) is 9.68 Å². The second-order valence-corrected chi connectivity index (χ2v) is 4.36. The van der Waals surface area contributed by atoms with Gasteiger partial charge in [-0.15, -0.1) is 33.3 Å². The van der Waals surface area contributed by atoms with Crippen LogP contribution in [0.2, 0.25) is 0 Å². The Hall–Kier alpha value is -1.80. The van der Waals surface area contributed by atoms with Crippen LogP contribution in [0.3, 0.4) is 0 Å². The number of hydroxylamine groups is 2. The Bertz CT molecular complexity index is 307. The van der Waals surface area contributed by atoms with E-state index in [2.05, 4.69) is 23.7 Å². The van der Waals surface area contributed by atoms with Gasteiger partial charge < -0.3 is 0 Å². The molecule has 1 fully saturated rings. The Balaban J connectivity index is 2.76. The van der Waals surface area contributed by atoms with E-state index in [1.807, 2.05) is 0 Å². The van der Waals surface area contributed by atoms with Crippen LogP contribution in [0.15, 0.2) is 35.9 Å². The van der Waals surface area contributed by atoms with Crippen LogP contribution in [0.25, 0.3) is 0 Å². The molecule has 0 N–H and O–H groups in total. The van der Waals surface area contributed by atoms with Gasteiger partial charge in [-0.05, 0) is 12.8 Å². The molecule has 0 radical (unpaired) electrons. The predicted molar refractivity (Wildman–Crippen MR) is 73.6 cm³/mol. The molecule has 0 saturated heterocycles. The highest BCUT2D eigenvalue weighted by Crippen LogP contribution is 2.28. The first-order valence-electron chi connectivity index (χ1n) is 6.51. The number of rotatable bonds is 10. The fraction of sp³-hybridized carbons (Fsp3) is 0.667. The average Bonchev–Trinajstić information content (AvgIpc) is 2.50. The SMILES string of the molecule is C=CCON(N=O)C1CCCCC1N(N=O)OCC=C. The third kappa shape index (κ3) is 4.39. The zero-order valence-electron chi connectivity index (χ0n) is 11.4. The Morgan fingerprint density at radius 3 is 1.65 bits per heavy atom. The average molecular weight is 284 g/mol. The van der Waals surface area contributed by atoms with Crippen molar-refractivity contribution in [3.05, 3.63) is 35.1 Å². The highest BCUT2D eigenvalue weighted by molar-refractivity contribution is 4.84. The van der Waals surface area contributed by atoms with Gasteiger partial charge in [-0.2, -0.15) is 0 Å². The Labute approximate surface area is 117 Å². The molecule has 8 nitrogen and oxygen atoms in total. The minimum atomic E-state index is -0.385. The lowest BCUT2D eigenvalue weighted by atomic mass is 9.91. The summed E-state index contributed by atoms with van der Waals surface area (Å²) in [4.78, 5) is 32.2. The van der Waals surface area contributed by atoms with E-state index in [0.717, 1.165) is 23.2 Å². The van der Waals surface area contributed by atoms with E-state index in [-0.39, 0.29) is 25.3 Å². The second-order valence-electron chi connectivity index (χ2n) is 4.36. The first-order valence-corrected chi connectivity index (χ1v) is 6.51. The van der Waals surface area contributed by atoms with Gasteiger partial charge in [0.2, 0.25) is 0 Å². The summed E-state index contributed by atoms with van der Waals surface area (Å²) in [6.07, 6.45) is 6.19. The molecule has 2 atom stereocenters. The molecular formula is C12H20N4O4. The fourth-order valence-corrected chi connectivity index (χ4v) is 2.22. The van der Waals surface area contributed by atoms with E-state index in [1.54, 1.807) is 0 Å². The van der Waals surface area contributed by atoms with Crippen LogP contribution >= 0.6 is 0 Å². The third-order valence-corrected chi connectivity index (χ3v) is 3.07. The van der Waals surface area contributed by atoms with E-state index in [1.165, 1.54) is 12.2 Å². The van der Waals surface area contributed by atoms with Crippen LogP contribution in [0.1, 0.15) is 25.7 Å². The molecule has 0 aromatic rings. The van der Waals surface area contributed by atoms with Gasteiger partial charge in [0.15, 0.2) is 0 Å². The number of hydrogen-bond donors (Lipinski definition) is 0. The molecule has 0 aliphatic heterocycles. The van der Waals surface area contributed by atoms with Crippen molar-refractivity contribution in [3.8, 4) is 0 Å². The lowest BCUT2D eigenvalue weighted by Crippen LogP contribution is -2.50. The van der Waals surface area contributed by atoms with Crippen LogP contribution in [-0.4, -0.2) is 35.6 Å². The highest BCUT2D eigenvalue weighted by atomic mass is 16.7. The van der Waals surface area contributed by atoms with Crippen LogP contribution in [0.5, 0.6) is 0 Å². The molecule has 0 aromatic heterocycles. The molecule has 0 bridgehead atoms. The van der Waals surface area contributed by atoms with Gasteiger partial charge >= 0.3 is 0 Å². The van der Waals surface area contributed by atoms with E-state index < -0.39 is 0 Å². The summed E-state index contributed by atoms with van der Waals surface area (Å²) in [6, 6.07) is -0.771. The number of hydrogen-bond acceptors (Lipinski definition) is 6. The number of nitroso groups, excluding NO2 is 2. The molecule has 0 spiro atoms. The smallest absolute Gasteiger partial charge is 0.104 e. The van der Waals surface area contributed by atoms with E-state index in [0.29, 0.717) is 12.8 Å². The summed E-state index contributed by atoms with van der Waals surface area (Å²) in [7, 11) is 0. The van der Waals surface area contributed by atoms with Crippen LogP contribution in [0.4, 0.5) is 0 Å². The van der Waals surface area contributed by atoms with Gasteiger partial charge in [0.05, 0.1) is 23.8 Å². The molecule has 2 unspecified atom stereocenters. The van der Waals surface area contributed by atoms with Crippen molar-refractivity contribution < 1.29 is 9.68 Å². The normalized spacial score (nSPS) is 21.8. The standard InChI is InChI=1S/C12H20N4O4/c1-3-9-19-15(13-17)11-7-5-6-8-12(11)16(14-18)20-10-4-2/h3-4,11-12H,1-2,5-10H2. The van der Waals surface area contributed by atoms with Crippen LogP contribution < -0.4 is 0 Å². The Morgan fingerprint density at radius 2 is 1.35 bits per heavy atom. The van der Waals surface area contributed by atoms with Crippen molar-refractivity contribution in [2.45, 2.75) is 37.8 Å². The lowest BCUT2D eigenvalue weighted by molar-refractivity contribution is -0.247. The molecule has 0 amide bonds. The first kappa shape index (κ1) is 16.3. The molecule has 20 heavy (non-hydrogen) atoms. The van der Waals surface area contributed by atoms with Gasteiger partial charge in [0.1, 0.15) is 12.1 Å². The van der Waals surface area contributed by atoms with E-state index >= 15 is 0 Å². The summed E-state index contributed by atoms with van der Waals surface area (Å²) in [5.41, 5.74) is 0. The van der Waals surface area contributed by atoms with Crippen molar-refractivity contribution in [1.82, 2.24) is 10.3 Å². The topological polar surface area (TPSA) is 83.8 Å². The first-order chi connectivity index (χ1) is 9.78. The molecule has 1 aliphatic carbocycles. The zero-order valence-corrected chi connectivity index (χ0v) is 11.4. The second kappa shape index (κ2) is 9.16. The molecule has 112 valence electrons. The Kier molecular flexibility index (Phi) is 7.44. The number of nitrogens with zero attached hydrogens (tertiary/aromatic N) is 4. The molecule has 0 aromatic carbocycles. The van der Waals surface area contributed by atoms with Gasteiger partial charge in [-0.25, -0.2) is 9.68 Å². The minimum Gasteiger partial charge on any atom is -0.250 e. The fourth-order valence-electron chi connectivity index (χ4n) is 2.22. The summed E-state index contributed by atoms with van der Waals surface area (Å²) in [5, 5.41) is 7.67. The van der Waals surface area contributed by atoms with Gasteiger partial charge in [0, 0.05) is 0 Å². The van der Waals surface area contributed by atoms with Crippen molar-refractivity contribution >= 4 is 0 Å². The zero-order chi connectivity index (χ0) is 14.8. The molecule has 1 aliphatic rings. The minimum absolute atomic E-state index is 0.164. The molecular weight excluding hydrogens is 264 g/mol. The summed E-state index contributed by atoms with van der Waals surface area (Å²) >= 11 is 0. The van der Waals surface area contributed by atoms with Gasteiger partial charge in [0.25, 0.3) is 0 Å². The lowest BCUT2D eigenvalue weighted by Gasteiger charge is -2.37. The third-order valence-electron chi connectivity index (χ3n) is 3.07. The molecule has 1 saturated carbocycles. The largest absolute Gasteiger partial charge is 0.250 e. The predicted octanol–water partition coefficient (Wildman–Crippen LogP) is 2.50.